The Hall–Kier alpha value is -2.96. The minimum Gasteiger partial charge on any atom is -0.452 e. The second-order valence-electron chi connectivity index (χ2n) is 5.38. The first-order chi connectivity index (χ1) is 11.8. The first-order valence-corrected chi connectivity index (χ1v) is 7.44. The van der Waals surface area contributed by atoms with Crippen LogP contribution in [-0.4, -0.2) is 25.1 Å². The standard InChI is InChI=1S/C18H17F2NO4/c1-11-7-12(2)9-13(8-11)21-16(22)10-24-17(23)14-5-3-4-6-15(14)25-18(19)20/h3-9,18H,10H2,1-2H3,(H,21,22). The van der Waals surface area contributed by atoms with E-state index in [1.54, 1.807) is 12.1 Å². The van der Waals surface area contributed by atoms with Crippen molar-refractivity contribution >= 4 is 17.6 Å². The van der Waals surface area contributed by atoms with Crippen molar-refractivity contribution in [2.45, 2.75) is 20.5 Å². The highest BCUT2D eigenvalue weighted by Gasteiger charge is 2.17. The number of carbonyl (C=O) groups is 2. The molecule has 5 nitrogen and oxygen atoms in total. The van der Waals surface area contributed by atoms with Gasteiger partial charge in [-0.2, -0.15) is 8.78 Å². The van der Waals surface area contributed by atoms with Gasteiger partial charge in [0.2, 0.25) is 0 Å². The average Bonchev–Trinajstić information content (AvgIpc) is 2.51. The lowest BCUT2D eigenvalue weighted by atomic mass is 10.1. The average molecular weight is 349 g/mol. The highest BCUT2D eigenvalue weighted by molar-refractivity contribution is 5.96. The van der Waals surface area contributed by atoms with Crippen molar-refractivity contribution in [1.82, 2.24) is 0 Å². The van der Waals surface area contributed by atoms with Crippen molar-refractivity contribution in [3.63, 3.8) is 0 Å². The molecule has 0 spiro atoms. The monoisotopic (exact) mass is 349 g/mol. The third-order valence-corrected chi connectivity index (χ3v) is 3.16. The molecule has 25 heavy (non-hydrogen) atoms. The summed E-state index contributed by atoms with van der Waals surface area (Å²) in [5.41, 5.74) is 2.36. The quantitative estimate of drug-likeness (QED) is 0.808. The van der Waals surface area contributed by atoms with E-state index in [0.29, 0.717) is 5.69 Å². The minimum atomic E-state index is -3.07. The number of carbonyl (C=O) groups excluding carboxylic acids is 2. The number of alkyl halides is 2. The van der Waals surface area contributed by atoms with Gasteiger partial charge in [-0.15, -0.1) is 0 Å². The number of hydrogen-bond acceptors (Lipinski definition) is 4. The van der Waals surface area contributed by atoms with Gasteiger partial charge in [0.05, 0.1) is 0 Å². The lowest BCUT2D eigenvalue weighted by molar-refractivity contribution is -0.119. The number of halogens is 2. The van der Waals surface area contributed by atoms with Crippen LogP contribution in [0.15, 0.2) is 42.5 Å². The molecule has 2 aromatic rings. The maximum atomic E-state index is 12.3. The number of para-hydroxylation sites is 1. The lowest BCUT2D eigenvalue weighted by Crippen LogP contribution is -2.21. The van der Waals surface area contributed by atoms with E-state index in [9.17, 15) is 18.4 Å². The molecule has 132 valence electrons. The largest absolute Gasteiger partial charge is 0.452 e. The van der Waals surface area contributed by atoms with E-state index in [4.69, 9.17) is 4.74 Å². The Bertz CT molecular complexity index is 757. The molecule has 0 bridgehead atoms. The molecule has 2 aromatic carbocycles. The van der Waals surface area contributed by atoms with Gasteiger partial charge in [-0.05, 0) is 49.2 Å². The molecule has 2 rings (SSSR count). The summed E-state index contributed by atoms with van der Waals surface area (Å²) >= 11 is 0. The highest BCUT2D eigenvalue weighted by atomic mass is 19.3. The van der Waals surface area contributed by atoms with E-state index < -0.39 is 25.1 Å². The zero-order valence-corrected chi connectivity index (χ0v) is 13.7. The topological polar surface area (TPSA) is 64.6 Å². The fraction of sp³-hybridized carbons (Fsp3) is 0.222. The number of ether oxygens (including phenoxy) is 2. The van der Waals surface area contributed by atoms with Crippen molar-refractivity contribution in [2.24, 2.45) is 0 Å². The van der Waals surface area contributed by atoms with E-state index in [0.717, 1.165) is 11.1 Å². The third kappa shape index (κ3) is 5.56. The lowest BCUT2D eigenvalue weighted by Gasteiger charge is -2.11. The number of anilines is 1. The Labute approximate surface area is 143 Å². The molecule has 0 aliphatic heterocycles. The summed E-state index contributed by atoms with van der Waals surface area (Å²) in [7, 11) is 0. The number of hydrogen-bond donors (Lipinski definition) is 1. The first kappa shape index (κ1) is 18.4. The van der Waals surface area contributed by atoms with Crippen LogP contribution in [0.2, 0.25) is 0 Å². The molecule has 0 aliphatic rings. The highest BCUT2D eigenvalue weighted by Crippen LogP contribution is 2.21. The molecule has 0 heterocycles. The minimum absolute atomic E-state index is 0.179. The second-order valence-corrected chi connectivity index (χ2v) is 5.38. The molecule has 0 saturated carbocycles. The van der Waals surface area contributed by atoms with Crippen LogP contribution in [0, 0.1) is 13.8 Å². The van der Waals surface area contributed by atoms with Crippen molar-refractivity contribution < 1.29 is 27.8 Å². The van der Waals surface area contributed by atoms with Crippen LogP contribution in [-0.2, 0) is 9.53 Å². The first-order valence-electron chi connectivity index (χ1n) is 7.44. The van der Waals surface area contributed by atoms with Crippen LogP contribution in [0.3, 0.4) is 0 Å². The molecule has 0 unspecified atom stereocenters. The van der Waals surface area contributed by atoms with Crippen molar-refractivity contribution in [2.75, 3.05) is 11.9 Å². The SMILES string of the molecule is Cc1cc(C)cc(NC(=O)COC(=O)c2ccccc2OC(F)F)c1. The number of amides is 1. The maximum absolute atomic E-state index is 12.3. The Kier molecular flexibility index (Phi) is 6.05. The van der Waals surface area contributed by atoms with Gasteiger partial charge >= 0.3 is 12.6 Å². The molecule has 7 heteroatoms. The molecule has 0 fully saturated rings. The molecule has 1 amide bonds. The van der Waals surface area contributed by atoms with Gasteiger partial charge in [0.15, 0.2) is 6.61 Å². The summed E-state index contributed by atoms with van der Waals surface area (Å²) in [6, 6.07) is 10.9. The third-order valence-electron chi connectivity index (χ3n) is 3.16. The van der Waals surface area contributed by atoms with Gasteiger partial charge in [0.1, 0.15) is 11.3 Å². The molecule has 0 aliphatic carbocycles. The van der Waals surface area contributed by atoms with E-state index >= 15 is 0 Å². The summed E-state index contributed by atoms with van der Waals surface area (Å²) in [6.45, 7) is 0.168. The van der Waals surface area contributed by atoms with Crippen LogP contribution < -0.4 is 10.1 Å². The molecule has 0 saturated heterocycles. The van der Waals surface area contributed by atoms with Gasteiger partial charge in [-0.25, -0.2) is 4.79 Å². The van der Waals surface area contributed by atoms with Crippen LogP contribution in [0.4, 0.5) is 14.5 Å². The van der Waals surface area contributed by atoms with Crippen LogP contribution in [0.25, 0.3) is 0 Å². The summed E-state index contributed by atoms with van der Waals surface area (Å²) in [5, 5.41) is 2.61. The maximum Gasteiger partial charge on any atom is 0.387 e. The molecule has 0 radical (unpaired) electrons. The van der Waals surface area contributed by atoms with Crippen molar-refractivity contribution in [3.8, 4) is 5.75 Å². The fourth-order valence-corrected chi connectivity index (χ4v) is 2.29. The van der Waals surface area contributed by atoms with E-state index in [1.165, 1.54) is 24.3 Å². The van der Waals surface area contributed by atoms with Gasteiger partial charge < -0.3 is 14.8 Å². The zero-order chi connectivity index (χ0) is 18.4. The number of benzene rings is 2. The van der Waals surface area contributed by atoms with Crippen LogP contribution >= 0.6 is 0 Å². The molecule has 1 N–H and O–H groups in total. The smallest absolute Gasteiger partial charge is 0.387 e. The van der Waals surface area contributed by atoms with Crippen molar-refractivity contribution in [3.05, 3.63) is 59.2 Å². The van der Waals surface area contributed by atoms with E-state index in [1.807, 2.05) is 19.9 Å². The Morgan fingerprint density at radius 3 is 2.36 bits per heavy atom. The Morgan fingerprint density at radius 2 is 1.72 bits per heavy atom. The molecule has 0 atom stereocenters. The van der Waals surface area contributed by atoms with Gasteiger partial charge in [0, 0.05) is 5.69 Å². The molecular formula is C18H17F2NO4. The van der Waals surface area contributed by atoms with Gasteiger partial charge in [0.25, 0.3) is 5.91 Å². The van der Waals surface area contributed by atoms with Crippen molar-refractivity contribution in [1.29, 1.82) is 0 Å². The van der Waals surface area contributed by atoms with E-state index in [2.05, 4.69) is 10.1 Å². The van der Waals surface area contributed by atoms with Gasteiger partial charge in [-0.3, -0.25) is 4.79 Å². The number of nitrogens with one attached hydrogen (secondary N) is 1. The Morgan fingerprint density at radius 1 is 1.08 bits per heavy atom. The second kappa shape index (κ2) is 8.23. The van der Waals surface area contributed by atoms with Gasteiger partial charge in [-0.1, -0.05) is 18.2 Å². The summed E-state index contributed by atoms with van der Waals surface area (Å²) in [6.07, 6.45) is 0. The number of esters is 1. The van der Waals surface area contributed by atoms with Crippen LogP contribution in [0.1, 0.15) is 21.5 Å². The summed E-state index contributed by atoms with van der Waals surface area (Å²) in [5.74, 6) is -1.77. The number of rotatable bonds is 6. The predicted molar refractivity (Wildman–Crippen MR) is 87.9 cm³/mol. The van der Waals surface area contributed by atoms with Crippen LogP contribution in [0.5, 0.6) is 5.75 Å². The normalized spacial score (nSPS) is 10.4. The summed E-state index contributed by atoms with van der Waals surface area (Å²) in [4.78, 5) is 23.9. The van der Waals surface area contributed by atoms with E-state index in [-0.39, 0.29) is 11.3 Å². The Balaban J connectivity index is 1.96. The number of aryl methyl sites for hydroxylation is 2. The predicted octanol–water partition coefficient (Wildman–Crippen LogP) is 3.70. The molecular weight excluding hydrogens is 332 g/mol. The zero-order valence-electron chi connectivity index (χ0n) is 13.7. The molecule has 0 aromatic heterocycles. The summed E-state index contributed by atoms with van der Waals surface area (Å²) < 4.78 is 33.8. The fourth-order valence-electron chi connectivity index (χ4n) is 2.29.